The molecular weight excluding hydrogens is 439 g/mol. The van der Waals surface area contributed by atoms with Gasteiger partial charge >= 0.3 is 7.12 Å². The Hall–Kier alpha value is -1.65. The van der Waals surface area contributed by atoms with Crippen molar-refractivity contribution in [3.05, 3.63) is 18.0 Å². The number of anilines is 1. The molecule has 0 spiro atoms. The third-order valence-corrected chi connectivity index (χ3v) is 10.7. The van der Waals surface area contributed by atoms with Crippen molar-refractivity contribution in [2.24, 2.45) is 0 Å². The van der Waals surface area contributed by atoms with Gasteiger partial charge in [-0.15, -0.1) is 0 Å². The van der Waals surface area contributed by atoms with Crippen LogP contribution in [0.5, 0.6) is 0 Å². The van der Waals surface area contributed by atoms with E-state index in [0.717, 1.165) is 29.8 Å². The minimum Gasteiger partial charge on any atom is -0.398 e. The molecule has 2 saturated heterocycles. The molecule has 2 aromatic rings. The zero-order chi connectivity index (χ0) is 23.8. The van der Waals surface area contributed by atoms with E-state index >= 15 is 0 Å². The highest BCUT2D eigenvalue weighted by atomic mass is 32.2. The van der Waals surface area contributed by atoms with Crippen LogP contribution in [0.15, 0.2) is 12.4 Å². The highest BCUT2D eigenvalue weighted by molar-refractivity contribution is 7.92. The Morgan fingerprint density at radius 1 is 1.06 bits per heavy atom. The van der Waals surface area contributed by atoms with Crippen LogP contribution in [0, 0.1) is 0 Å². The molecule has 1 saturated carbocycles. The first-order valence-electron chi connectivity index (χ1n) is 12.1. The maximum absolute atomic E-state index is 12.7. The lowest BCUT2D eigenvalue weighted by molar-refractivity contribution is 0.00578. The molecule has 0 bridgehead atoms. The molecule has 3 fully saturated rings. The molecule has 8 nitrogen and oxygen atoms in total. The van der Waals surface area contributed by atoms with Crippen LogP contribution < -0.4 is 10.5 Å². The summed E-state index contributed by atoms with van der Waals surface area (Å²) in [4.78, 5) is 6.91. The molecule has 2 aromatic heterocycles. The first-order chi connectivity index (χ1) is 15.4. The zero-order valence-electron chi connectivity index (χ0n) is 20.5. The van der Waals surface area contributed by atoms with Crippen LogP contribution in [-0.2, 0) is 19.1 Å². The lowest BCUT2D eigenvalue weighted by Crippen LogP contribution is -2.42. The van der Waals surface area contributed by atoms with Gasteiger partial charge < -0.3 is 14.2 Å². The Morgan fingerprint density at radius 2 is 1.67 bits per heavy atom. The molecule has 0 atom stereocenters. The molecule has 0 radical (unpaired) electrons. The number of rotatable bonds is 5. The van der Waals surface area contributed by atoms with Crippen molar-refractivity contribution in [2.45, 2.75) is 94.8 Å². The molecule has 0 N–H and O–H groups in total. The van der Waals surface area contributed by atoms with Gasteiger partial charge in [-0.25, -0.2) is 17.9 Å². The van der Waals surface area contributed by atoms with E-state index in [0.29, 0.717) is 31.8 Å². The maximum atomic E-state index is 12.7. The molecule has 180 valence electrons. The topological polar surface area (TPSA) is 86.0 Å². The van der Waals surface area contributed by atoms with Gasteiger partial charge in [-0.3, -0.25) is 0 Å². The number of sulfone groups is 1. The summed E-state index contributed by atoms with van der Waals surface area (Å²) in [6.07, 6.45) is 5.15. The minimum atomic E-state index is -3.09. The van der Waals surface area contributed by atoms with Gasteiger partial charge in [0.05, 0.1) is 27.3 Å². The average molecular weight is 474 g/mol. The predicted octanol–water partition coefficient (Wildman–Crippen LogP) is 2.70. The molecule has 0 amide bonds. The van der Waals surface area contributed by atoms with Crippen LogP contribution in [0.2, 0.25) is 0 Å². The van der Waals surface area contributed by atoms with E-state index in [2.05, 4.69) is 48.7 Å². The standard InChI is InChI=1S/C23H35BN4O4S/c1-15(2)33(29,30)17-9-11-27(12-10-17)21-20-18(16-7-8-16)13-19(28(20)26-14-25-21)24-31-22(3,4)23(5,6)32-24/h13-17H,7-12H2,1-6H3. The largest absolute Gasteiger partial charge is 0.514 e. The zero-order valence-corrected chi connectivity index (χ0v) is 21.4. The second-order valence-electron chi connectivity index (χ2n) is 11.1. The van der Waals surface area contributed by atoms with Crippen molar-refractivity contribution in [2.75, 3.05) is 18.0 Å². The fourth-order valence-electron chi connectivity index (χ4n) is 4.93. The number of nitrogens with zero attached hydrogens (tertiary/aromatic N) is 4. The molecular formula is C23H35BN4O4S. The Balaban J connectivity index is 1.50. The lowest BCUT2D eigenvalue weighted by Gasteiger charge is -2.33. The molecule has 10 heteroatoms. The van der Waals surface area contributed by atoms with Gasteiger partial charge in [0.1, 0.15) is 11.8 Å². The van der Waals surface area contributed by atoms with Gasteiger partial charge in [0.15, 0.2) is 15.7 Å². The van der Waals surface area contributed by atoms with Crippen LogP contribution in [0.4, 0.5) is 5.82 Å². The highest BCUT2D eigenvalue weighted by Gasteiger charge is 2.53. The van der Waals surface area contributed by atoms with E-state index in [1.165, 1.54) is 5.56 Å². The Labute approximate surface area is 197 Å². The molecule has 2 aliphatic heterocycles. The van der Waals surface area contributed by atoms with E-state index < -0.39 is 28.2 Å². The SMILES string of the molecule is CC(C)S(=O)(=O)C1CCN(c2ncnn3c(B4OC(C)(C)C(C)(C)O4)cc(C4CC4)c23)CC1. The van der Waals surface area contributed by atoms with Crippen LogP contribution in [-0.4, -0.2) is 64.9 Å². The quantitative estimate of drug-likeness (QED) is 0.616. The van der Waals surface area contributed by atoms with E-state index in [9.17, 15) is 8.42 Å². The molecule has 0 unspecified atom stereocenters. The summed E-state index contributed by atoms with van der Waals surface area (Å²) < 4.78 is 40.0. The van der Waals surface area contributed by atoms with Gasteiger partial charge in [0.25, 0.3) is 0 Å². The summed E-state index contributed by atoms with van der Waals surface area (Å²) in [6, 6.07) is 2.18. The van der Waals surface area contributed by atoms with Crippen LogP contribution in [0.3, 0.4) is 0 Å². The first kappa shape index (κ1) is 23.1. The smallest absolute Gasteiger partial charge is 0.398 e. The van der Waals surface area contributed by atoms with Crippen molar-refractivity contribution in [3.8, 4) is 0 Å². The van der Waals surface area contributed by atoms with E-state index in [1.807, 2.05) is 4.52 Å². The Morgan fingerprint density at radius 3 is 2.21 bits per heavy atom. The second-order valence-corrected chi connectivity index (χ2v) is 13.8. The third-order valence-electron chi connectivity index (χ3n) is 7.97. The number of piperidine rings is 1. The predicted molar refractivity (Wildman–Crippen MR) is 130 cm³/mol. The monoisotopic (exact) mass is 474 g/mol. The van der Waals surface area contributed by atoms with Gasteiger partial charge in [-0.1, -0.05) is 0 Å². The summed E-state index contributed by atoms with van der Waals surface area (Å²) in [5.74, 6) is 1.38. The average Bonchev–Trinajstić information content (AvgIpc) is 3.47. The normalized spacial score (nSPS) is 23.7. The summed E-state index contributed by atoms with van der Waals surface area (Å²) in [7, 11) is -3.59. The van der Waals surface area contributed by atoms with Crippen molar-refractivity contribution < 1.29 is 17.7 Å². The van der Waals surface area contributed by atoms with Gasteiger partial charge in [-0.05, 0) is 84.8 Å². The third kappa shape index (κ3) is 3.78. The van der Waals surface area contributed by atoms with E-state index in [1.54, 1.807) is 20.2 Å². The summed E-state index contributed by atoms with van der Waals surface area (Å²) in [6.45, 7) is 13.1. The van der Waals surface area contributed by atoms with Crippen molar-refractivity contribution in [3.63, 3.8) is 0 Å². The molecule has 0 aromatic carbocycles. The molecule has 3 aliphatic rings. The molecule has 1 aliphatic carbocycles. The number of aromatic nitrogens is 3. The first-order valence-corrected chi connectivity index (χ1v) is 13.7. The van der Waals surface area contributed by atoms with Crippen LogP contribution >= 0.6 is 0 Å². The van der Waals surface area contributed by atoms with Gasteiger partial charge in [-0.2, -0.15) is 5.10 Å². The number of hydrogen-bond acceptors (Lipinski definition) is 7. The molecule has 5 rings (SSSR count). The van der Waals surface area contributed by atoms with Gasteiger partial charge in [0, 0.05) is 13.1 Å². The van der Waals surface area contributed by atoms with Crippen LogP contribution in [0.25, 0.3) is 5.52 Å². The maximum Gasteiger partial charge on any atom is 0.514 e. The van der Waals surface area contributed by atoms with Gasteiger partial charge in [0.2, 0.25) is 0 Å². The molecule has 33 heavy (non-hydrogen) atoms. The fraction of sp³-hybridized carbons (Fsp3) is 0.739. The fourth-order valence-corrected chi connectivity index (χ4v) is 6.57. The molecule has 4 heterocycles. The van der Waals surface area contributed by atoms with Crippen molar-refractivity contribution >= 4 is 33.9 Å². The highest BCUT2D eigenvalue weighted by Crippen LogP contribution is 2.44. The van der Waals surface area contributed by atoms with Crippen LogP contribution in [0.1, 0.15) is 78.7 Å². The Kier molecular flexibility index (Phi) is 5.38. The van der Waals surface area contributed by atoms with Crippen molar-refractivity contribution in [1.82, 2.24) is 14.6 Å². The minimum absolute atomic E-state index is 0.276. The number of hydrogen-bond donors (Lipinski definition) is 0. The summed E-state index contributed by atoms with van der Waals surface area (Å²) >= 11 is 0. The summed E-state index contributed by atoms with van der Waals surface area (Å²) in [5, 5.41) is 3.99. The summed E-state index contributed by atoms with van der Waals surface area (Å²) in [5.41, 5.74) is 2.29. The van der Waals surface area contributed by atoms with Crippen molar-refractivity contribution in [1.29, 1.82) is 0 Å². The Bertz CT molecular complexity index is 1150. The van der Waals surface area contributed by atoms with E-state index in [4.69, 9.17) is 9.31 Å². The van der Waals surface area contributed by atoms with E-state index in [-0.39, 0.29) is 10.5 Å². The number of fused-ring (bicyclic) bond motifs is 1. The lowest BCUT2D eigenvalue weighted by atomic mass is 9.84. The second kappa shape index (κ2) is 7.68.